The van der Waals surface area contributed by atoms with Crippen LogP contribution >= 0.6 is 0 Å². The molecule has 4 N–H and O–H groups in total. The molecule has 1 aliphatic carbocycles. The number of hydrogen-bond donors (Lipinski definition) is 3. The van der Waals surface area contributed by atoms with Crippen LogP contribution in [0.3, 0.4) is 0 Å². The quantitative estimate of drug-likeness (QED) is 0.546. The van der Waals surface area contributed by atoms with E-state index < -0.39 is 12.1 Å². The van der Waals surface area contributed by atoms with Crippen molar-refractivity contribution in [3.63, 3.8) is 0 Å². The van der Waals surface area contributed by atoms with Crippen LogP contribution in [0.15, 0.2) is 4.99 Å². The number of nitrogens with one attached hydrogen (secondary N) is 2. The minimum Gasteiger partial charge on any atom is -0.385 e. The molecule has 0 aromatic carbocycles. The van der Waals surface area contributed by atoms with Gasteiger partial charge in [-0.1, -0.05) is 0 Å². The minimum atomic E-state index is -0.466. The second-order valence-electron chi connectivity index (χ2n) is 3.58. The van der Waals surface area contributed by atoms with Gasteiger partial charge >= 0.3 is 6.03 Å². The highest BCUT2D eigenvalue weighted by Crippen LogP contribution is 2.18. The van der Waals surface area contributed by atoms with Crippen molar-refractivity contribution in [2.24, 2.45) is 10.7 Å². The Morgan fingerprint density at radius 1 is 1.64 bits per heavy atom. The lowest BCUT2D eigenvalue weighted by Crippen LogP contribution is -2.41. The molecule has 6 nitrogen and oxygen atoms in total. The van der Waals surface area contributed by atoms with E-state index in [1.807, 2.05) is 0 Å². The minimum absolute atomic E-state index is 0.0853. The van der Waals surface area contributed by atoms with Crippen molar-refractivity contribution in [3.05, 3.63) is 0 Å². The van der Waals surface area contributed by atoms with Gasteiger partial charge in [-0.25, -0.2) is 4.79 Å². The number of carbonyl (C=O) groups is 2. The van der Waals surface area contributed by atoms with Gasteiger partial charge in [-0.05, 0) is 12.8 Å². The first kappa shape index (κ1) is 8.98. The fraction of sp³-hybridized carbons (Fsp3) is 0.625. The predicted octanol–water partition coefficient (Wildman–Crippen LogP) is -0.896. The van der Waals surface area contributed by atoms with Crippen LogP contribution in [0.25, 0.3) is 0 Å². The maximum absolute atomic E-state index is 11.3. The molecule has 1 saturated carbocycles. The zero-order chi connectivity index (χ0) is 10.1. The summed E-state index contributed by atoms with van der Waals surface area (Å²) in [6.07, 6.45) is 2.27. The molecule has 0 saturated heterocycles. The van der Waals surface area contributed by atoms with Gasteiger partial charge in [-0.15, -0.1) is 0 Å². The Bertz CT molecular complexity index is 308. The van der Waals surface area contributed by atoms with Crippen LogP contribution in [0.5, 0.6) is 0 Å². The van der Waals surface area contributed by atoms with E-state index in [1.54, 1.807) is 0 Å². The van der Waals surface area contributed by atoms with Crippen LogP contribution in [-0.4, -0.2) is 29.9 Å². The Kier molecular flexibility index (Phi) is 2.11. The van der Waals surface area contributed by atoms with Crippen molar-refractivity contribution >= 4 is 17.8 Å². The van der Waals surface area contributed by atoms with Gasteiger partial charge in [0.1, 0.15) is 5.84 Å². The number of nitrogens with two attached hydrogens (primary N) is 1. The van der Waals surface area contributed by atoms with Crippen molar-refractivity contribution in [2.45, 2.75) is 31.3 Å². The third-order valence-electron chi connectivity index (χ3n) is 2.22. The van der Waals surface area contributed by atoms with Gasteiger partial charge in [0.15, 0.2) is 0 Å². The van der Waals surface area contributed by atoms with Gasteiger partial charge in [0.2, 0.25) is 5.91 Å². The van der Waals surface area contributed by atoms with Crippen molar-refractivity contribution in [1.29, 1.82) is 0 Å². The fourth-order valence-corrected chi connectivity index (χ4v) is 1.31. The van der Waals surface area contributed by atoms with Crippen LogP contribution in [-0.2, 0) is 4.79 Å². The molecule has 76 valence electrons. The average molecular weight is 196 g/mol. The molecule has 6 heteroatoms. The molecule has 1 heterocycles. The number of rotatable bonds is 3. The van der Waals surface area contributed by atoms with E-state index in [9.17, 15) is 9.59 Å². The highest BCUT2D eigenvalue weighted by Gasteiger charge is 2.28. The van der Waals surface area contributed by atoms with Crippen LogP contribution in [0, 0.1) is 0 Å². The summed E-state index contributed by atoms with van der Waals surface area (Å²) in [6, 6.07) is -0.564. The molecule has 1 aliphatic heterocycles. The molecule has 1 fully saturated rings. The number of amidine groups is 1. The van der Waals surface area contributed by atoms with Crippen molar-refractivity contribution in [3.8, 4) is 0 Å². The normalized spacial score (nSPS) is 25.6. The lowest BCUT2D eigenvalue weighted by molar-refractivity contribution is -0.121. The summed E-state index contributed by atoms with van der Waals surface area (Å²) in [6.45, 7) is 0. The van der Waals surface area contributed by atoms with Crippen LogP contribution < -0.4 is 16.4 Å². The Labute approximate surface area is 80.9 Å². The summed E-state index contributed by atoms with van der Waals surface area (Å²) in [7, 11) is 0. The van der Waals surface area contributed by atoms with Gasteiger partial charge in [0.25, 0.3) is 0 Å². The maximum atomic E-state index is 11.3. The van der Waals surface area contributed by atoms with Gasteiger partial charge < -0.3 is 16.4 Å². The van der Waals surface area contributed by atoms with Crippen LogP contribution in [0.2, 0.25) is 0 Å². The first-order valence-corrected chi connectivity index (χ1v) is 4.59. The summed E-state index contributed by atoms with van der Waals surface area (Å²) in [5.41, 5.74) is 5.45. The Balaban J connectivity index is 1.82. The highest BCUT2D eigenvalue weighted by atomic mass is 16.2. The zero-order valence-electron chi connectivity index (χ0n) is 7.62. The van der Waals surface area contributed by atoms with Gasteiger partial charge in [0, 0.05) is 6.04 Å². The molecule has 0 spiro atoms. The van der Waals surface area contributed by atoms with E-state index in [-0.39, 0.29) is 18.2 Å². The smallest absolute Gasteiger partial charge is 0.343 e. The Hall–Kier alpha value is -1.59. The molecular weight excluding hydrogens is 184 g/mol. The molecule has 0 aromatic heterocycles. The fourth-order valence-electron chi connectivity index (χ4n) is 1.31. The molecule has 2 rings (SSSR count). The molecule has 0 bridgehead atoms. The van der Waals surface area contributed by atoms with E-state index in [1.165, 1.54) is 0 Å². The second kappa shape index (κ2) is 3.28. The zero-order valence-corrected chi connectivity index (χ0v) is 7.62. The molecule has 1 atom stereocenters. The largest absolute Gasteiger partial charge is 0.385 e. The molecular formula is C8H12N4O2. The number of urea groups is 1. The van der Waals surface area contributed by atoms with Crippen molar-refractivity contribution in [2.75, 3.05) is 0 Å². The van der Waals surface area contributed by atoms with E-state index in [0.29, 0.717) is 6.04 Å². The molecule has 3 amide bonds. The first-order chi connectivity index (χ1) is 6.65. The Morgan fingerprint density at radius 3 is 2.86 bits per heavy atom. The summed E-state index contributed by atoms with van der Waals surface area (Å²) >= 11 is 0. The van der Waals surface area contributed by atoms with Crippen molar-refractivity contribution < 1.29 is 9.59 Å². The predicted molar refractivity (Wildman–Crippen MR) is 49.7 cm³/mol. The lowest BCUT2D eigenvalue weighted by atomic mass is 10.2. The number of hydrogen-bond acceptors (Lipinski definition) is 3. The average Bonchev–Trinajstić information content (AvgIpc) is 2.81. The Morgan fingerprint density at radius 2 is 2.36 bits per heavy atom. The van der Waals surface area contributed by atoms with E-state index >= 15 is 0 Å². The highest BCUT2D eigenvalue weighted by molar-refractivity contribution is 6.04. The van der Waals surface area contributed by atoms with Crippen molar-refractivity contribution in [1.82, 2.24) is 10.6 Å². The molecule has 0 aromatic rings. The van der Waals surface area contributed by atoms with Gasteiger partial charge in [-0.3, -0.25) is 4.79 Å². The van der Waals surface area contributed by atoms with Gasteiger partial charge in [-0.2, -0.15) is 4.99 Å². The van der Waals surface area contributed by atoms with E-state index in [0.717, 1.165) is 12.8 Å². The third kappa shape index (κ3) is 2.01. The number of carbonyl (C=O) groups excluding carboxylic acids is 2. The van der Waals surface area contributed by atoms with E-state index in [4.69, 9.17) is 5.73 Å². The lowest BCUT2D eigenvalue weighted by Gasteiger charge is -2.09. The van der Waals surface area contributed by atoms with Crippen LogP contribution in [0.1, 0.15) is 19.3 Å². The summed E-state index contributed by atoms with van der Waals surface area (Å²) in [4.78, 5) is 25.6. The monoisotopic (exact) mass is 196 g/mol. The van der Waals surface area contributed by atoms with Gasteiger partial charge in [0.05, 0.1) is 12.5 Å². The molecule has 2 aliphatic rings. The number of nitrogens with zero attached hydrogens (tertiary/aromatic N) is 1. The number of amides is 3. The number of aliphatic imine (C=N–C) groups is 1. The third-order valence-corrected chi connectivity index (χ3v) is 2.22. The maximum Gasteiger partial charge on any atom is 0.343 e. The summed E-state index contributed by atoms with van der Waals surface area (Å²) < 4.78 is 0. The standard InChI is InChI=1S/C8H12N4O2/c9-7-5(11-8(14)12-7)3-6(13)10-4-1-2-4/h4-5H,1-3H2,(H,10,13)(H3,9,11,12,14). The second-order valence-corrected chi connectivity index (χ2v) is 3.58. The van der Waals surface area contributed by atoms with Crippen LogP contribution in [0.4, 0.5) is 4.79 Å². The SMILES string of the molecule is NC1=NC(=O)NC1CC(=O)NC1CC1. The summed E-state index contributed by atoms with van der Waals surface area (Å²) in [5, 5.41) is 5.32. The molecule has 14 heavy (non-hydrogen) atoms. The topological polar surface area (TPSA) is 96.6 Å². The van der Waals surface area contributed by atoms with E-state index in [2.05, 4.69) is 15.6 Å². The summed E-state index contributed by atoms with van der Waals surface area (Å²) in [5.74, 6) is 0.110. The molecule has 0 radical (unpaired) electrons. The molecule has 1 unspecified atom stereocenters. The first-order valence-electron chi connectivity index (χ1n) is 4.59.